The second kappa shape index (κ2) is 7.55. The van der Waals surface area contributed by atoms with Crippen molar-refractivity contribution in [3.05, 3.63) is 122 Å². The largest absolute Gasteiger partial charge is 0.436 e. The molecule has 0 radical (unpaired) electrons. The van der Waals surface area contributed by atoms with Gasteiger partial charge in [0.05, 0.1) is 22.1 Å². The zero-order valence-electron chi connectivity index (χ0n) is 20.7. The molecule has 5 nitrogen and oxygen atoms in total. The smallest absolute Gasteiger partial charge is 0.246 e. The summed E-state index contributed by atoms with van der Waals surface area (Å²) in [4.78, 5) is 8.85. The summed E-state index contributed by atoms with van der Waals surface area (Å²) in [6, 6.07) is 38.9. The Labute approximate surface area is 222 Å². The summed E-state index contributed by atoms with van der Waals surface area (Å²) in [5.74, 6) is 0. The van der Waals surface area contributed by atoms with Crippen LogP contribution in [0.3, 0.4) is 0 Å². The van der Waals surface area contributed by atoms with Gasteiger partial charge in [-0.15, -0.1) is 0 Å². The number of hydrogen-bond acceptors (Lipinski definition) is 3. The number of furan rings is 1. The number of para-hydroxylation sites is 3. The van der Waals surface area contributed by atoms with E-state index in [1.807, 2.05) is 0 Å². The summed E-state index contributed by atoms with van der Waals surface area (Å²) in [5, 5.41) is 5.91. The molecule has 0 bridgehead atoms. The van der Waals surface area contributed by atoms with Gasteiger partial charge < -0.3 is 13.6 Å². The van der Waals surface area contributed by atoms with Crippen molar-refractivity contribution in [2.75, 3.05) is 0 Å². The Morgan fingerprint density at radius 1 is 0.462 bits per heavy atom. The van der Waals surface area contributed by atoms with Crippen molar-refractivity contribution in [3.63, 3.8) is 0 Å². The van der Waals surface area contributed by atoms with Gasteiger partial charge in [0, 0.05) is 56.8 Å². The van der Waals surface area contributed by atoms with Gasteiger partial charge in [-0.2, -0.15) is 0 Å². The van der Waals surface area contributed by atoms with E-state index in [2.05, 4.69) is 128 Å². The minimum absolute atomic E-state index is 0.556. The third-order valence-electron chi connectivity index (χ3n) is 7.83. The van der Waals surface area contributed by atoms with Crippen molar-refractivity contribution in [1.29, 1.82) is 0 Å². The molecular weight excluding hydrogens is 480 g/mol. The molecule has 9 rings (SSSR count). The van der Waals surface area contributed by atoms with Crippen molar-refractivity contribution in [1.82, 2.24) is 19.1 Å². The molecule has 0 aliphatic heterocycles. The molecule has 0 atom stereocenters. The van der Waals surface area contributed by atoms with Crippen LogP contribution in [0.4, 0.5) is 0 Å². The summed E-state index contributed by atoms with van der Waals surface area (Å²) in [7, 11) is 0. The van der Waals surface area contributed by atoms with Gasteiger partial charge in [-0.25, -0.2) is 9.97 Å². The molecule has 0 saturated carbocycles. The fourth-order valence-electron chi connectivity index (χ4n) is 6.18. The van der Waals surface area contributed by atoms with E-state index in [-0.39, 0.29) is 0 Å². The Balaban J connectivity index is 1.42. The van der Waals surface area contributed by atoms with Gasteiger partial charge in [0.2, 0.25) is 5.71 Å². The van der Waals surface area contributed by atoms with Gasteiger partial charge in [-0.1, -0.05) is 54.6 Å². The van der Waals surface area contributed by atoms with E-state index in [4.69, 9.17) is 4.42 Å². The molecule has 0 N–H and O–H groups in total. The highest BCUT2D eigenvalue weighted by Crippen LogP contribution is 2.40. The molecule has 0 saturated heterocycles. The normalized spacial score (nSPS) is 12.1. The first-order valence-corrected chi connectivity index (χ1v) is 13.0. The molecule has 4 aromatic heterocycles. The standard InChI is InChI=1S/C34H20N4O/c1-2-8-21(9-3-1)37-28-12-6-4-10-23(28)26-19-27-24-11-5-7-13-29(24)38(31(27)20-30(26)37)22-14-15-25-32(18-22)39-34-33(25)35-16-17-36-34/h1-20H. The first-order chi connectivity index (χ1) is 19.3. The summed E-state index contributed by atoms with van der Waals surface area (Å²) < 4.78 is 10.8. The second-order valence-electron chi connectivity index (χ2n) is 9.92. The lowest BCUT2D eigenvalue weighted by Crippen LogP contribution is -1.95. The summed E-state index contributed by atoms with van der Waals surface area (Å²) in [6.45, 7) is 0. The fourth-order valence-corrected chi connectivity index (χ4v) is 6.18. The SMILES string of the molecule is c1ccc(-n2c3ccccc3c3cc4c5ccccc5n(-c5ccc6c(c5)oc5nccnc56)c4cc32)cc1. The van der Waals surface area contributed by atoms with Crippen LogP contribution in [-0.2, 0) is 0 Å². The third kappa shape index (κ3) is 2.79. The highest BCUT2D eigenvalue weighted by molar-refractivity contribution is 6.19. The molecule has 9 aromatic rings. The molecule has 0 aliphatic rings. The van der Waals surface area contributed by atoms with Crippen LogP contribution in [0.2, 0.25) is 0 Å². The van der Waals surface area contributed by atoms with Gasteiger partial charge in [-0.3, -0.25) is 0 Å². The number of rotatable bonds is 2. The number of nitrogens with zero attached hydrogens (tertiary/aromatic N) is 4. The van der Waals surface area contributed by atoms with Crippen molar-refractivity contribution >= 4 is 65.8 Å². The van der Waals surface area contributed by atoms with Crippen LogP contribution >= 0.6 is 0 Å². The van der Waals surface area contributed by atoms with Crippen LogP contribution in [-0.4, -0.2) is 19.1 Å². The van der Waals surface area contributed by atoms with E-state index in [1.54, 1.807) is 12.4 Å². The summed E-state index contributed by atoms with van der Waals surface area (Å²) in [5.41, 5.74) is 8.99. The van der Waals surface area contributed by atoms with Crippen molar-refractivity contribution in [2.45, 2.75) is 0 Å². The van der Waals surface area contributed by atoms with Crippen LogP contribution < -0.4 is 0 Å². The molecule has 5 heteroatoms. The predicted octanol–water partition coefficient (Wildman–Crippen LogP) is 8.57. The van der Waals surface area contributed by atoms with E-state index >= 15 is 0 Å². The van der Waals surface area contributed by atoms with Crippen LogP contribution in [0.15, 0.2) is 126 Å². The molecule has 0 unspecified atom stereocenters. The van der Waals surface area contributed by atoms with E-state index in [9.17, 15) is 0 Å². The maximum Gasteiger partial charge on any atom is 0.246 e. The van der Waals surface area contributed by atoms with Crippen molar-refractivity contribution < 1.29 is 4.42 Å². The van der Waals surface area contributed by atoms with Gasteiger partial charge in [0.25, 0.3) is 0 Å². The number of benzene rings is 5. The summed E-state index contributed by atoms with van der Waals surface area (Å²) >= 11 is 0. The molecule has 39 heavy (non-hydrogen) atoms. The molecule has 0 spiro atoms. The van der Waals surface area contributed by atoms with Crippen LogP contribution in [0.25, 0.3) is 77.2 Å². The Morgan fingerprint density at radius 3 is 1.85 bits per heavy atom. The average Bonchev–Trinajstić information content (AvgIpc) is 3.63. The lowest BCUT2D eigenvalue weighted by Gasteiger charge is -2.10. The molecule has 182 valence electrons. The van der Waals surface area contributed by atoms with Crippen LogP contribution in [0.5, 0.6) is 0 Å². The molecular formula is C34H20N4O. The first-order valence-electron chi connectivity index (χ1n) is 13.0. The van der Waals surface area contributed by atoms with E-state index in [0.29, 0.717) is 5.71 Å². The topological polar surface area (TPSA) is 48.8 Å². The summed E-state index contributed by atoms with van der Waals surface area (Å²) in [6.07, 6.45) is 3.37. The van der Waals surface area contributed by atoms with Crippen molar-refractivity contribution in [2.24, 2.45) is 0 Å². The van der Waals surface area contributed by atoms with Crippen LogP contribution in [0, 0.1) is 0 Å². The maximum atomic E-state index is 6.11. The van der Waals surface area contributed by atoms with Crippen molar-refractivity contribution in [3.8, 4) is 11.4 Å². The molecule has 5 aromatic carbocycles. The third-order valence-corrected chi connectivity index (χ3v) is 7.83. The number of hydrogen-bond donors (Lipinski definition) is 0. The lowest BCUT2D eigenvalue weighted by atomic mass is 10.1. The van der Waals surface area contributed by atoms with Gasteiger partial charge in [0.1, 0.15) is 11.1 Å². The lowest BCUT2D eigenvalue weighted by molar-refractivity contribution is 0.652. The van der Waals surface area contributed by atoms with Gasteiger partial charge in [0.15, 0.2) is 0 Å². The fraction of sp³-hybridized carbons (Fsp3) is 0. The quantitative estimate of drug-likeness (QED) is 0.239. The second-order valence-corrected chi connectivity index (χ2v) is 9.92. The minimum Gasteiger partial charge on any atom is -0.436 e. The Hall–Kier alpha value is -5.42. The van der Waals surface area contributed by atoms with E-state index < -0.39 is 0 Å². The monoisotopic (exact) mass is 500 g/mol. The van der Waals surface area contributed by atoms with E-state index in [1.165, 1.54) is 32.6 Å². The Bertz CT molecular complexity index is 2390. The number of fused-ring (bicyclic) bond motifs is 9. The minimum atomic E-state index is 0.556. The highest BCUT2D eigenvalue weighted by atomic mass is 16.3. The average molecular weight is 501 g/mol. The van der Waals surface area contributed by atoms with E-state index in [0.717, 1.165) is 38.9 Å². The Kier molecular flexibility index (Phi) is 3.99. The molecule has 0 fully saturated rings. The van der Waals surface area contributed by atoms with Crippen LogP contribution in [0.1, 0.15) is 0 Å². The highest BCUT2D eigenvalue weighted by Gasteiger charge is 2.19. The molecule has 0 amide bonds. The maximum absolute atomic E-state index is 6.11. The first kappa shape index (κ1) is 20.6. The molecule has 0 aliphatic carbocycles. The van der Waals surface area contributed by atoms with Gasteiger partial charge in [-0.05, 0) is 48.5 Å². The number of aromatic nitrogens is 4. The zero-order valence-corrected chi connectivity index (χ0v) is 20.7. The predicted molar refractivity (Wildman–Crippen MR) is 158 cm³/mol. The van der Waals surface area contributed by atoms with Gasteiger partial charge >= 0.3 is 0 Å². The zero-order chi connectivity index (χ0) is 25.5. The molecule has 4 heterocycles. The Morgan fingerprint density at radius 2 is 1.10 bits per heavy atom.